The summed E-state index contributed by atoms with van der Waals surface area (Å²) in [5.41, 5.74) is 0. The van der Waals surface area contributed by atoms with E-state index in [-0.39, 0.29) is 5.48 Å². The maximum absolute atomic E-state index is 2.29. The average Bonchev–Trinajstić information content (AvgIpc) is 2.05. The van der Waals surface area contributed by atoms with Crippen LogP contribution in [0.4, 0.5) is 0 Å². The van der Waals surface area contributed by atoms with Gasteiger partial charge in [0.2, 0.25) is 0 Å². The maximum Gasteiger partial charge on any atom is 0.0770 e. The first-order valence-corrected chi connectivity index (χ1v) is 5.18. The van der Waals surface area contributed by atoms with Gasteiger partial charge in [-0.3, -0.25) is 0 Å². The van der Waals surface area contributed by atoms with Gasteiger partial charge in [-0.25, -0.2) is 0 Å². The molecule has 0 aromatic heterocycles. The summed E-state index contributed by atoms with van der Waals surface area (Å²) in [5.74, 6) is 0. The van der Waals surface area contributed by atoms with E-state index in [0.717, 1.165) is 0 Å². The molecule has 0 aliphatic heterocycles. The Hall–Kier alpha value is -0.0800. The van der Waals surface area contributed by atoms with Gasteiger partial charge >= 0.3 is 0 Å². The first kappa shape index (κ1) is 14.4. The molecule has 0 aromatic carbocycles. The van der Waals surface area contributed by atoms with Gasteiger partial charge in [0.1, 0.15) is 0 Å². The van der Waals surface area contributed by atoms with Crippen LogP contribution in [-0.2, 0) is 0 Å². The fourth-order valence-corrected chi connectivity index (χ4v) is 1.33. The van der Waals surface area contributed by atoms with Crippen LogP contribution in [0.5, 0.6) is 0 Å². The average molecular weight is 175 g/mol. The van der Waals surface area contributed by atoms with E-state index < -0.39 is 0 Å². The summed E-state index contributed by atoms with van der Waals surface area (Å²) in [6, 6.07) is 0. The zero-order valence-corrected chi connectivity index (χ0v) is 8.90. The van der Waals surface area contributed by atoms with Crippen molar-refractivity contribution in [3.05, 3.63) is 0 Å². The third kappa shape index (κ3) is 8.02. The lowest BCUT2D eigenvalue weighted by Gasteiger charge is -2.16. The van der Waals surface area contributed by atoms with Crippen molar-refractivity contribution >= 4 is 0 Å². The number of nitrogens with one attached hydrogen (secondary N) is 1. The lowest BCUT2D eigenvalue weighted by atomic mass is 10.2. The van der Waals surface area contributed by atoms with Crippen molar-refractivity contribution in [2.75, 3.05) is 19.6 Å². The first-order valence-electron chi connectivity index (χ1n) is 5.18. The van der Waals surface area contributed by atoms with Crippen LogP contribution in [0.3, 0.4) is 0 Å². The van der Waals surface area contributed by atoms with Gasteiger partial charge in [0.15, 0.2) is 0 Å². The summed E-state index contributed by atoms with van der Waals surface area (Å²) in [6.07, 6.45) is 5.48. The van der Waals surface area contributed by atoms with Gasteiger partial charge in [0, 0.05) is 0 Å². The van der Waals surface area contributed by atoms with Crippen LogP contribution in [0.15, 0.2) is 0 Å². The Morgan fingerprint density at radius 3 is 1.50 bits per heavy atom. The lowest BCUT2D eigenvalue weighted by Crippen LogP contribution is -3.11. The molecule has 0 bridgehead atoms. The van der Waals surface area contributed by atoms with Gasteiger partial charge in [0.25, 0.3) is 0 Å². The Labute approximate surface area is 77.3 Å². The van der Waals surface area contributed by atoms with E-state index in [1.54, 1.807) is 4.90 Å². The molecule has 2 nitrogen and oxygen atoms in total. The topological polar surface area (TPSA) is 34.4 Å². The van der Waals surface area contributed by atoms with E-state index in [1.807, 2.05) is 0 Å². The second kappa shape index (κ2) is 10.9. The van der Waals surface area contributed by atoms with Crippen molar-refractivity contribution in [2.24, 2.45) is 0 Å². The minimum absolute atomic E-state index is 0. The summed E-state index contributed by atoms with van der Waals surface area (Å²) in [6.45, 7) is 10.9. The molecule has 0 unspecified atom stereocenters. The van der Waals surface area contributed by atoms with Crippen molar-refractivity contribution in [1.82, 2.24) is 0 Å². The highest BCUT2D eigenvalue weighted by Crippen LogP contribution is 1.82. The van der Waals surface area contributed by atoms with Crippen LogP contribution in [0.1, 0.15) is 46.5 Å². The zero-order valence-electron chi connectivity index (χ0n) is 8.90. The van der Waals surface area contributed by atoms with Crippen molar-refractivity contribution in [2.45, 2.75) is 46.5 Å². The monoisotopic (exact) mass is 175 g/mol. The molecule has 0 saturated heterocycles. The molecule has 2 N–H and O–H groups in total. The number of rotatable bonds is 7. The molecule has 2 heteroatoms. The number of hydrogen-bond donors (Lipinski definition) is 1. The molecule has 0 amide bonds. The molecule has 0 spiro atoms. The fourth-order valence-electron chi connectivity index (χ4n) is 1.33. The molecule has 12 heavy (non-hydrogen) atoms. The van der Waals surface area contributed by atoms with Gasteiger partial charge < -0.3 is 10.4 Å². The normalized spacial score (nSPS) is 10.0. The molecule has 0 atom stereocenters. The number of hydrogen-bond acceptors (Lipinski definition) is 1. The van der Waals surface area contributed by atoms with Crippen LogP contribution >= 0.6 is 0 Å². The van der Waals surface area contributed by atoms with Gasteiger partial charge in [-0.2, -0.15) is 0 Å². The largest absolute Gasteiger partial charge is 0.870 e. The number of unbranched alkanes of at least 4 members (excludes halogenated alkanes) is 2. The molecule has 0 heterocycles. The summed E-state index contributed by atoms with van der Waals surface area (Å²) in [7, 11) is 0. The molecule has 76 valence electrons. The predicted octanol–water partition coefficient (Wildman–Crippen LogP) is 1.31. The highest BCUT2D eigenvalue weighted by Gasteiger charge is 2.02. The van der Waals surface area contributed by atoms with Gasteiger partial charge in [-0.1, -0.05) is 26.7 Å². The van der Waals surface area contributed by atoms with Gasteiger partial charge in [-0.05, 0) is 19.8 Å². The molecule has 0 aliphatic rings. The van der Waals surface area contributed by atoms with E-state index in [1.165, 1.54) is 45.3 Å². The Kier molecular flexibility index (Phi) is 13.1. The minimum atomic E-state index is 0. The third-order valence-electron chi connectivity index (χ3n) is 2.27. The van der Waals surface area contributed by atoms with Crippen LogP contribution in [0.2, 0.25) is 0 Å². The summed E-state index contributed by atoms with van der Waals surface area (Å²) < 4.78 is 0. The molecule has 0 aromatic rings. The Balaban J connectivity index is 0. The SMILES string of the molecule is CCCC[NH+](CC)CCCC.[OH-]. The van der Waals surface area contributed by atoms with Crippen LogP contribution < -0.4 is 4.90 Å². The molecule has 0 radical (unpaired) electrons. The minimum Gasteiger partial charge on any atom is -0.870 e. The van der Waals surface area contributed by atoms with Crippen molar-refractivity contribution < 1.29 is 10.4 Å². The fraction of sp³-hybridized carbons (Fsp3) is 1.00. The smallest absolute Gasteiger partial charge is 0.0770 e. The van der Waals surface area contributed by atoms with Crippen LogP contribution in [0.25, 0.3) is 0 Å². The van der Waals surface area contributed by atoms with Crippen molar-refractivity contribution in [3.63, 3.8) is 0 Å². The van der Waals surface area contributed by atoms with Gasteiger partial charge in [0.05, 0.1) is 19.6 Å². The Morgan fingerprint density at radius 1 is 0.833 bits per heavy atom. The standard InChI is InChI=1S/C10H23N.H2O/c1-4-7-9-11(6-3)10-8-5-2;/h4-10H2,1-3H3;1H2. The summed E-state index contributed by atoms with van der Waals surface area (Å²) >= 11 is 0. The van der Waals surface area contributed by atoms with Crippen LogP contribution in [-0.4, -0.2) is 25.1 Å². The Morgan fingerprint density at radius 2 is 1.25 bits per heavy atom. The first-order chi connectivity index (χ1) is 5.35. The second-order valence-corrected chi connectivity index (χ2v) is 3.31. The van der Waals surface area contributed by atoms with E-state index in [9.17, 15) is 0 Å². The van der Waals surface area contributed by atoms with E-state index in [4.69, 9.17) is 0 Å². The maximum atomic E-state index is 2.29. The predicted molar refractivity (Wildman–Crippen MR) is 53.0 cm³/mol. The van der Waals surface area contributed by atoms with Crippen LogP contribution in [0, 0.1) is 0 Å². The van der Waals surface area contributed by atoms with Crippen molar-refractivity contribution in [1.29, 1.82) is 0 Å². The summed E-state index contributed by atoms with van der Waals surface area (Å²) in [5, 5.41) is 0. The third-order valence-corrected chi connectivity index (χ3v) is 2.27. The van der Waals surface area contributed by atoms with Crippen molar-refractivity contribution in [3.8, 4) is 0 Å². The quantitative estimate of drug-likeness (QED) is 0.622. The van der Waals surface area contributed by atoms with E-state index in [2.05, 4.69) is 20.8 Å². The molecule has 0 aliphatic carbocycles. The van der Waals surface area contributed by atoms with Gasteiger partial charge in [-0.15, -0.1) is 0 Å². The molecule has 0 saturated carbocycles. The zero-order chi connectivity index (χ0) is 8.53. The van der Waals surface area contributed by atoms with E-state index >= 15 is 0 Å². The highest BCUT2D eigenvalue weighted by atomic mass is 16.0. The number of quaternary nitrogens is 1. The lowest BCUT2D eigenvalue weighted by molar-refractivity contribution is -0.898. The second-order valence-electron chi connectivity index (χ2n) is 3.31. The van der Waals surface area contributed by atoms with E-state index in [0.29, 0.717) is 0 Å². The molecular weight excluding hydrogens is 150 g/mol. The summed E-state index contributed by atoms with van der Waals surface area (Å²) in [4.78, 5) is 1.79. The Bertz CT molecular complexity index is 68.2. The molecular formula is C10H25NO. The highest BCUT2D eigenvalue weighted by molar-refractivity contribution is 4.33. The molecule has 0 fully saturated rings. The molecule has 0 rings (SSSR count).